The molecule has 1 N–H and O–H groups in total. The van der Waals surface area contributed by atoms with Gasteiger partial charge in [0.2, 0.25) is 0 Å². The van der Waals surface area contributed by atoms with Crippen molar-refractivity contribution < 1.29 is 9.84 Å². The van der Waals surface area contributed by atoms with E-state index in [0.29, 0.717) is 6.61 Å². The van der Waals surface area contributed by atoms with Crippen LogP contribution in [0.4, 0.5) is 0 Å². The molecule has 0 saturated carbocycles. The van der Waals surface area contributed by atoms with Crippen LogP contribution >= 0.6 is 11.8 Å². The van der Waals surface area contributed by atoms with Crippen LogP contribution in [0, 0.1) is 0 Å². The van der Waals surface area contributed by atoms with Crippen LogP contribution in [0.5, 0.6) is 0 Å². The van der Waals surface area contributed by atoms with Crippen molar-refractivity contribution in [2.24, 2.45) is 0 Å². The molecule has 0 aliphatic carbocycles. The quantitative estimate of drug-likeness (QED) is 0.849. The fourth-order valence-electron chi connectivity index (χ4n) is 1.76. The summed E-state index contributed by atoms with van der Waals surface area (Å²) in [6.45, 7) is 3.57. The van der Waals surface area contributed by atoms with Gasteiger partial charge in [0.1, 0.15) is 6.10 Å². The Morgan fingerprint density at radius 2 is 2.62 bits per heavy atom. The van der Waals surface area contributed by atoms with E-state index >= 15 is 0 Å². The number of ether oxygens (including phenoxy) is 1. The molecule has 16 heavy (non-hydrogen) atoms. The van der Waals surface area contributed by atoms with Crippen molar-refractivity contribution in [3.63, 3.8) is 0 Å². The summed E-state index contributed by atoms with van der Waals surface area (Å²) >= 11 is 1.81. The van der Waals surface area contributed by atoms with Crippen LogP contribution in [-0.4, -0.2) is 44.3 Å². The highest BCUT2D eigenvalue weighted by molar-refractivity contribution is 7.99. The van der Waals surface area contributed by atoms with Gasteiger partial charge < -0.3 is 9.84 Å². The van der Waals surface area contributed by atoms with Gasteiger partial charge >= 0.3 is 0 Å². The van der Waals surface area contributed by atoms with Crippen LogP contribution in [-0.2, 0) is 11.3 Å². The molecule has 1 aliphatic heterocycles. The maximum absolute atomic E-state index is 10.2. The van der Waals surface area contributed by atoms with Gasteiger partial charge in [0, 0.05) is 18.1 Å². The predicted molar refractivity (Wildman–Crippen MR) is 62.3 cm³/mol. The molecule has 0 bridgehead atoms. The standard InChI is InChI=1S/C10H17N3O2S/c1-2-3-13-8(6-11-12-13)10(14)9-7-16-5-4-15-9/h6,9-10,14H,2-5,7H2,1H3. The van der Waals surface area contributed by atoms with Crippen LogP contribution in [0.2, 0.25) is 0 Å². The van der Waals surface area contributed by atoms with Gasteiger partial charge in [-0.3, -0.25) is 0 Å². The third-order valence-corrected chi connectivity index (χ3v) is 3.60. The normalized spacial score (nSPS) is 23.2. The number of thioether (sulfide) groups is 1. The van der Waals surface area contributed by atoms with Crippen molar-refractivity contribution in [1.29, 1.82) is 0 Å². The Kier molecular flexibility index (Phi) is 4.20. The molecule has 6 heteroatoms. The Morgan fingerprint density at radius 3 is 3.31 bits per heavy atom. The third-order valence-electron chi connectivity index (χ3n) is 2.58. The fourth-order valence-corrected chi connectivity index (χ4v) is 2.65. The number of aryl methyl sites for hydroxylation is 1. The number of aromatic nitrogens is 3. The Bertz CT molecular complexity index is 326. The van der Waals surface area contributed by atoms with Gasteiger partial charge in [-0.25, -0.2) is 4.68 Å². The van der Waals surface area contributed by atoms with Gasteiger partial charge in [-0.2, -0.15) is 11.8 Å². The highest BCUT2D eigenvalue weighted by Crippen LogP contribution is 2.24. The molecule has 2 atom stereocenters. The van der Waals surface area contributed by atoms with E-state index in [1.807, 2.05) is 11.8 Å². The zero-order valence-electron chi connectivity index (χ0n) is 9.37. The topological polar surface area (TPSA) is 60.2 Å². The van der Waals surface area contributed by atoms with E-state index in [1.165, 1.54) is 0 Å². The summed E-state index contributed by atoms with van der Waals surface area (Å²) in [7, 11) is 0. The Hall–Kier alpha value is -0.590. The van der Waals surface area contributed by atoms with Crippen LogP contribution < -0.4 is 0 Å². The molecule has 2 heterocycles. The van der Waals surface area contributed by atoms with Gasteiger partial charge in [-0.1, -0.05) is 12.1 Å². The van der Waals surface area contributed by atoms with Gasteiger partial charge in [0.15, 0.2) is 0 Å². The molecule has 5 nitrogen and oxygen atoms in total. The first-order chi connectivity index (χ1) is 7.83. The number of hydrogen-bond donors (Lipinski definition) is 1. The van der Waals surface area contributed by atoms with E-state index in [4.69, 9.17) is 4.74 Å². The fraction of sp³-hybridized carbons (Fsp3) is 0.800. The lowest BCUT2D eigenvalue weighted by Gasteiger charge is -2.26. The molecule has 0 spiro atoms. The summed E-state index contributed by atoms with van der Waals surface area (Å²) in [6, 6.07) is 0. The van der Waals surface area contributed by atoms with E-state index in [-0.39, 0.29) is 6.10 Å². The summed E-state index contributed by atoms with van der Waals surface area (Å²) in [6.07, 6.45) is 1.86. The molecule has 1 fully saturated rings. The first kappa shape index (κ1) is 11.9. The van der Waals surface area contributed by atoms with Crippen LogP contribution in [0.3, 0.4) is 0 Å². The van der Waals surface area contributed by atoms with E-state index in [0.717, 1.165) is 30.2 Å². The monoisotopic (exact) mass is 243 g/mol. The maximum Gasteiger partial charge on any atom is 0.124 e. The molecule has 1 aromatic heterocycles. The van der Waals surface area contributed by atoms with Crippen molar-refractivity contribution in [2.75, 3.05) is 18.1 Å². The summed E-state index contributed by atoms with van der Waals surface area (Å²) in [4.78, 5) is 0. The second kappa shape index (κ2) is 5.65. The van der Waals surface area contributed by atoms with Crippen LogP contribution in [0.15, 0.2) is 6.20 Å². The molecule has 2 rings (SSSR count). The first-order valence-corrected chi connectivity index (χ1v) is 6.74. The van der Waals surface area contributed by atoms with Crippen molar-refractivity contribution in [1.82, 2.24) is 15.0 Å². The number of nitrogens with zero attached hydrogens (tertiary/aromatic N) is 3. The lowest BCUT2D eigenvalue weighted by molar-refractivity contribution is -0.0265. The lowest BCUT2D eigenvalue weighted by Crippen LogP contribution is -2.31. The molecule has 0 aromatic carbocycles. The van der Waals surface area contributed by atoms with E-state index in [1.54, 1.807) is 10.9 Å². The Morgan fingerprint density at radius 1 is 1.75 bits per heavy atom. The van der Waals surface area contributed by atoms with Gasteiger partial charge in [0.05, 0.1) is 24.6 Å². The van der Waals surface area contributed by atoms with Crippen molar-refractivity contribution >= 4 is 11.8 Å². The molecule has 0 amide bonds. The summed E-state index contributed by atoms with van der Waals surface area (Å²) < 4.78 is 7.31. The summed E-state index contributed by atoms with van der Waals surface area (Å²) in [5.74, 6) is 1.84. The average molecular weight is 243 g/mol. The van der Waals surface area contributed by atoms with Gasteiger partial charge in [-0.15, -0.1) is 5.10 Å². The largest absolute Gasteiger partial charge is 0.384 e. The SMILES string of the molecule is CCCn1nncc1C(O)C1CSCCO1. The molecular weight excluding hydrogens is 226 g/mol. The maximum atomic E-state index is 10.2. The zero-order chi connectivity index (χ0) is 11.4. The number of hydrogen-bond acceptors (Lipinski definition) is 5. The third kappa shape index (κ3) is 2.56. The minimum atomic E-state index is -0.616. The van der Waals surface area contributed by atoms with Crippen molar-refractivity contribution in [3.8, 4) is 0 Å². The van der Waals surface area contributed by atoms with Crippen LogP contribution in [0.25, 0.3) is 0 Å². The Labute approximate surface area is 99.2 Å². The molecule has 90 valence electrons. The molecule has 1 saturated heterocycles. The minimum absolute atomic E-state index is 0.132. The van der Waals surface area contributed by atoms with E-state index in [2.05, 4.69) is 17.2 Å². The second-order valence-corrected chi connectivity index (χ2v) is 4.96. The van der Waals surface area contributed by atoms with E-state index < -0.39 is 6.10 Å². The molecule has 1 aliphatic rings. The zero-order valence-corrected chi connectivity index (χ0v) is 10.2. The van der Waals surface area contributed by atoms with Gasteiger partial charge in [0.25, 0.3) is 0 Å². The van der Waals surface area contributed by atoms with Crippen LogP contribution in [0.1, 0.15) is 25.1 Å². The van der Waals surface area contributed by atoms with Crippen molar-refractivity contribution in [2.45, 2.75) is 32.1 Å². The molecule has 0 radical (unpaired) electrons. The number of rotatable bonds is 4. The van der Waals surface area contributed by atoms with E-state index in [9.17, 15) is 5.11 Å². The number of aliphatic hydroxyl groups excluding tert-OH is 1. The predicted octanol–water partition coefficient (Wildman–Crippen LogP) is 0.853. The highest BCUT2D eigenvalue weighted by Gasteiger charge is 2.27. The summed E-state index contributed by atoms with van der Waals surface area (Å²) in [5, 5.41) is 18.0. The second-order valence-electron chi connectivity index (χ2n) is 3.81. The highest BCUT2D eigenvalue weighted by atomic mass is 32.2. The minimum Gasteiger partial charge on any atom is -0.384 e. The first-order valence-electron chi connectivity index (χ1n) is 5.58. The summed E-state index contributed by atoms with van der Waals surface area (Å²) in [5.41, 5.74) is 0.759. The van der Waals surface area contributed by atoms with Crippen molar-refractivity contribution in [3.05, 3.63) is 11.9 Å². The molecule has 2 unspecified atom stereocenters. The molecule has 1 aromatic rings. The average Bonchev–Trinajstić information content (AvgIpc) is 2.78. The molecular formula is C10H17N3O2S. The van der Waals surface area contributed by atoms with Gasteiger partial charge in [-0.05, 0) is 6.42 Å². The lowest BCUT2D eigenvalue weighted by atomic mass is 10.1. The Balaban J connectivity index is 2.06. The number of aliphatic hydroxyl groups is 1. The smallest absolute Gasteiger partial charge is 0.124 e.